The molecule has 0 saturated carbocycles. The van der Waals surface area contributed by atoms with E-state index in [9.17, 15) is 5.11 Å². The Morgan fingerprint density at radius 1 is 1.14 bits per heavy atom. The Bertz CT molecular complexity index is 425. The fraction of sp³-hybridized carbons (Fsp3) is 0.684. The summed E-state index contributed by atoms with van der Waals surface area (Å²) in [5.74, 6) is 1.37. The Hall–Kier alpha value is -1.06. The quantitative estimate of drug-likeness (QED) is 0.709. The fourth-order valence-electron chi connectivity index (χ4n) is 2.86. The summed E-state index contributed by atoms with van der Waals surface area (Å²) in [6, 6.07) is 6.20. The molecule has 0 heterocycles. The van der Waals surface area contributed by atoms with E-state index in [0.29, 0.717) is 19.1 Å². The second kappa shape index (κ2) is 9.86. The number of rotatable bonds is 10. The average Bonchev–Trinajstić information content (AvgIpc) is 2.45. The number of nitrogens with zero attached hydrogens (tertiary/aromatic N) is 1. The third-order valence-electron chi connectivity index (χ3n) is 3.85. The zero-order valence-corrected chi connectivity index (χ0v) is 14.9. The Balaban J connectivity index is 2.49. The lowest BCUT2D eigenvalue weighted by molar-refractivity contribution is 0.0681. The summed E-state index contributed by atoms with van der Waals surface area (Å²) in [5.41, 5.74) is 2.60. The Morgan fingerprint density at radius 2 is 1.77 bits per heavy atom. The monoisotopic (exact) mass is 307 g/mol. The molecule has 0 fully saturated rings. The molecular formula is C19H33NO2. The van der Waals surface area contributed by atoms with E-state index in [-0.39, 0.29) is 0 Å². The van der Waals surface area contributed by atoms with Crippen molar-refractivity contribution < 1.29 is 9.84 Å². The van der Waals surface area contributed by atoms with Gasteiger partial charge >= 0.3 is 0 Å². The Labute approximate surface area is 136 Å². The minimum Gasteiger partial charge on any atom is -0.491 e. The average molecular weight is 307 g/mol. The first-order valence-electron chi connectivity index (χ1n) is 8.61. The number of aliphatic hydroxyl groups is 1. The molecule has 0 aliphatic carbocycles. The molecule has 1 aromatic carbocycles. The van der Waals surface area contributed by atoms with E-state index >= 15 is 0 Å². The van der Waals surface area contributed by atoms with Gasteiger partial charge in [0.2, 0.25) is 0 Å². The number of hydrogen-bond acceptors (Lipinski definition) is 3. The van der Waals surface area contributed by atoms with Crippen LogP contribution in [0.1, 0.15) is 57.6 Å². The second-order valence-corrected chi connectivity index (χ2v) is 6.44. The van der Waals surface area contributed by atoms with Crippen LogP contribution in [0.4, 0.5) is 0 Å². The second-order valence-electron chi connectivity index (χ2n) is 6.44. The van der Waals surface area contributed by atoms with Crippen molar-refractivity contribution in [1.82, 2.24) is 4.90 Å². The number of ether oxygens (including phenoxy) is 1. The van der Waals surface area contributed by atoms with Gasteiger partial charge in [0, 0.05) is 6.54 Å². The smallest absolute Gasteiger partial charge is 0.119 e. The molecule has 1 aromatic rings. The molecule has 0 radical (unpaired) electrons. The van der Waals surface area contributed by atoms with Gasteiger partial charge in [0.25, 0.3) is 0 Å². The van der Waals surface area contributed by atoms with Gasteiger partial charge in [0.1, 0.15) is 18.5 Å². The maximum absolute atomic E-state index is 10.2. The normalized spacial score (nSPS) is 12.9. The van der Waals surface area contributed by atoms with Gasteiger partial charge in [0.05, 0.1) is 0 Å². The number of hydrogen-bond donors (Lipinski definition) is 1. The largest absolute Gasteiger partial charge is 0.491 e. The molecule has 0 aliphatic rings. The summed E-state index contributed by atoms with van der Waals surface area (Å²) in [4.78, 5) is 2.31. The van der Waals surface area contributed by atoms with Crippen LogP contribution >= 0.6 is 0 Å². The zero-order chi connectivity index (χ0) is 16.5. The molecule has 1 rings (SSSR count). The van der Waals surface area contributed by atoms with Crippen LogP contribution in [-0.4, -0.2) is 42.4 Å². The van der Waals surface area contributed by atoms with Gasteiger partial charge in [0.15, 0.2) is 0 Å². The van der Waals surface area contributed by atoms with Crippen molar-refractivity contribution in [3.63, 3.8) is 0 Å². The molecule has 0 spiro atoms. The molecule has 126 valence electrons. The van der Waals surface area contributed by atoms with E-state index in [2.05, 4.69) is 51.7 Å². The van der Waals surface area contributed by atoms with Crippen LogP contribution in [0.25, 0.3) is 0 Å². The highest BCUT2D eigenvalue weighted by Crippen LogP contribution is 2.23. The molecule has 3 heteroatoms. The number of aryl methyl sites for hydroxylation is 1. The highest BCUT2D eigenvalue weighted by molar-refractivity contribution is 5.36. The van der Waals surface area contributed by atoms with Crippen LogP contribution in [0.3, 0.4) is 0 Å². The molecule has 1 unspecified atom stereocenters. The summed E-state index contributed by atoms with van der Waals surface area (Å²) < 4.78 is 5.76. The highest BCUT2D eigenvalue weighted by Gasteiger charge is 2.12. The van der Waals surface area contributed by atoms with Crippen molar-refractivity contribution in [2.45, 2.75) is 59.5 Å². The van der Waals surface area contributed by atoms with Gasteiger partial charge in [-0.2, -0.15) is 0 Å². The summed E-state index contributed by atoms with van der Waals surface area (Å²) in [6.45, 7) is 14.0. The van der Waals surface area contributed by atoms with Crippen molar-refractivity contribution in [3.8, 4) is 5.75 Å². The van der Waals surface area contributed by atoms with Crippen molar-refractivity contribution in [2.75, 3.05) is 26.2 Å². The third kappa shape index (κ3) is 6.37. The SMILES string of the molecule is CCCN(CCC)CC(O)COc1ccc(C(C)C)c(C)c1. The molecule has 0 amide bonds. The van der Waals surface area contributed by atoms with Crippen molar-refractivity contribution in [2.24, 2.45) is 0 Å². The van der Waals surface area contributed by atoms with E-state index in [1.807, 2.05) is 6.07 Å². The molecule has 0 saturated heterocycles. The molecule has 0 bridgehead atoms. The van der Waals surface area contributed by atoms with E-state index in [0.717, 1.165) is 31.7 Å². The fourth-order valence-corrected chi connectivity index (χ4v) is 2.86. The van der Waals surface area contributed by atoms with Gasteiger partial charge < -0.3 is 14.7 Å². The summed E-state index contributed by atoms with van der Waals surface area (Å²) in [6.07, 6.45) is 1.79. The van der Waals surface area contributed by atoms with Crippen LogP contribution in [0.2, 0.25) is 0 Å². The molecule has 3 nitrogen and oxygen atoms in total. The van der Waals surface area contributed by atoms with Crippen LogP contribution in [-0.2, 0) is 0 Å². The Morgan fingerprint density at radius 3 is 2.27 bits per heavy atom. The zero-order valence-electron chi connectivity index (χ0n) is 14.9. The van der Waals surface area contributed by atoms with Crippen LogP contribution in [0, 0.1) is 6.92 Å². The molecule has 1 atom stereocenters. The summed E-state index contributed by atoms with van der Waals surface area (Å²) in [5, 5.41) is 10.2. The van der Waals surface area contributed by atoms with Crippen molar-refractivity contribution >= 4 is 0 Å². The van der Waals surface area contributed by atoms with E-state index < -0.39 is 6.10 Å². The summed E-state index contributed by atoms with van der Waals surface area (Å²) >= 11 is 0. The molecule has 22 heavy (non-hydrogen) atoms. The van der Waals surface area contributed by atoms with Gasteiger partial charge in [-0.3, -0.25) is 0 Å². The van der Waals surface area contributed by atoms with Gasteiger partial charge in [-0.05, 0) is 62.0 Å². The maximum Gasteiger partial charge on any atom is 0.119 e. The third-order valence-corrected chi connectivity index (χ3v) is 3.85. The van der Waals surface area contributed by atoms with E-state index in [4.69, 9.17) is 4.74 Å². The predicted octanol–water partition coefficient (Wildman–Crippen LogP) is 3.98. The molecular weight excluding hydrogens is 274 g/mol. The first kappa shape index (κ1) is 19.0. The minimum absolute atomic E-state index is 0.352. The van der Waals surface area contributed by atoms with Crippen molar-refractivity contribution in [3.05, 3.63) is 29.3 Å². The molecule has 1 N–H and O–H groups in total. The van der Waals surface area contributed by atoms with Crippen LogP contribution in [0.5, 0.6) is 5.75 Å². The Kier molecular flexibility index (Phi) is 8.51. The lowest BCUT2D eigenvalue weighted by Gasteiger charge is -2.24. The van der Waals surface area contributed by atoms with Crippen molar-refractivity contribution in [1.29, 1.82) is 0 Å². The molecule has 0 aromatic heterocycles. The first-order chi connectivity index (χ1) is 10.5. The van der Waals surface area contributed by atoms with Gasteiger partial charge in [-0.15, -0.1) is 0 Å². The van der Waals surface area contributed by atoms with E-state index in [1.165, 1.54) is 11.1 Å². The number of aliphatic hydroxyl groups excluding tert-OH is 1. The standard InChI is InChI=1S/C19H33NO2/c1-6-10-20(11-7-2)13-17(21)14-22-18-8-9-19(15(3)4)16(5)12-18/h8-9,12,15,17,21H,6-7,10-11,13-14H2,1-5H3. The first-order valence-corrected chi connectivity index (χ1v) is 8.61. The predicted molar refractivity (Wildman–Crippen MR) is 93.8 cm³/mol. The highest BCUT2D eigenvalue weighted by atomic mass is 16.5. The minimum atomic E-state index is -0.441. The number of benzene rings is 1. The van der Waals surface area contributed by atoms with Gasteiger partial charge in [-0.1, -0.05) is 33.8 Å². The van der Waals surface area contributed by atoms with E-state index in [1.54, 1.807) is 0 Å². The van der Waals surface area contributed by atoms with Crippen LogP contribution < -0.4 is 4.74 Å². The summed E-state index contributed by atoms with van der Waals surface area (Å²) in [7, 11) is 0. The lowest BCUT2D eigenvalue weighted by Crippen LogP contribution is -2.36. The lowest BCUT2D eigenvalue weighted by atomic mass is 9.98. The van der Waals surface area contributed by atoms with Crippen LogP contribution in [0.15, 0.2) is 18.2 Å². The van der Waals surface area contributed by atoms with Gasteiger partial charge in [-0.25, -0.2) is 0 Å². The maximum atomic E-state index is 10.2. The topological polar surface area (TPSA) is 32.7 Å². The molecule has 0 aliphatic heterocycles.